The fraction of sp³-hybridized carbons (Fsp3) is 0.188. The number of carboxylic acid groups (broad SMARTS) is 1. The third-order valence-electron chi connectivity index (χ3n) is 2.76. The van der Waals surface area contributed by atoms with Gasteiger partial charge in [-0.2, -0.15) is 8.42 Å². The summed E-state index contributed by atoms with van der Waals surface area (Å²) in [5.74, 6) is -0.542. The largest absolute Gasteiger partial charge is 0.508 e. The first-order chi connectivity index (χ1) is 11.2. The molecule has 3 N–H and O–H groups in total. The van der Waals surface area contributed by atoms with Gasteiger partial charge in [0.25, 0.3) is 0 Å². The lowest BCUT2D eigenvalue weighted by atomic mass is 10.1. The van der Waals surface area contributed by atoms with Gasteiger partial charge in [0, 0.05) is 6.42 Å². The van der Waals surface area contributed by atoms with Gasteiger partial charge in [-0.1, -0.05) is 29.8 Å². The molecule has 2 rings (SSSR count). The van der Waals surface area contributed by atoms with E-state index in [2.05, 4.69) is 4.18 Å². The van der Waals surface area contributed by atoms with E-state index in [1.54, 1.807) is 36.4 Å². The molecule has 130 valence electrons. The summed E-state index contributed by atoms with van der Waals surface area (Å²) < 4.78 is 32.9. The number of hydrogen-bond donors (Lipinski definition) is 3. The van der Waals surface area contributed by atoms with E-state index in [9.17, 15) is 13.2 Å². The van der Waals surface area contributed by atoms with Crippen LogP contribution in [0.2, 0.25) is 0 Å². The van der Waals surface area contributed by atoms with Gasteiger partial charge in [-0.3, -0.25) is 9.35 Å². The van der Waals surface area contributed by atoms with Gasteiger partial charge in [0.15, 0.2) is 0 Å². The van der Waals surface area contributed by atoms with E-state index in [4.69, 9.17) is 14.8 Å². The van der Waals surface area contributed by atoms with E-state index in [0.29, 0.717) is 6.42 Å². The Labute approximate surface area is 140 Å². The van der Waals surface area contributed by atoms with Crippen molar-refractivity contribution in [2.75, 3.05) is 0 Å². The number of carboxylic acids is 1. The number of hydrogen-bond acceptors (Lipinski definition) is 5. The molecule has 2 aromatic rings. The van der Waals surface area contributed by atoms with Crippen LogP contribution in [0.15, 0.2) is 48.5 Å². The number of phenolic OH excluding ortho intramolecular Hbond substituents is 1. The zero-order valence-corrected chi connectivity index (χ0v) is 13.7. The van der Waals surface area contributed by atoms with Gasteiger partial charge in [0.05, 0.1) is 0 Å². The Kier molecular flexibility index (Phi) is 7.22. The number of benzene rings is 2. The summed E-state index contributed by atoms with van der Waals surface area (Å²) >= 11 is 0. The van der Waals surface area contributed by atoms with Crippen molar-refractivity contribution in [3.05, 3.63) is 59.7 Å². The van der Waals surface area contributed by atoms with Crippen molar-refractivity contribution in [3.8, 4) is 11.5 Å². The maximum absolute atomic E-state index is 10.2. The lowest BCUT2D eigenvalue weighted by Gasteiger charge is -2.00. The van der Waals surface area contributed by atoms with E-state index in [1.165, 1.54) is 12.1 Å². The van der Waals surface area contributed by atoms with E-state index in [-0.39, 0.29) is 17.9 Å². The Balaban J connectivity index is 0.000000240. The Bertz CT molecular complexity index is 767. The normalized spacial score (nSPS) is 10.4. The first-order valence-corrected chi connectivity index (χ1v) is 8.25. The smallest absolute Gasteiger partial charge is 0.446 e. The highest BCUT2D eigenvalue weighted by atomic mass is 32.3. The Hall–Kier alpha value is -2.58. The van der Waals surface area contributed by atoms with E-state index < -0.39 is 16.4 Å². The Morgan fingerprint density at radius 2 is 1.75 bits per heavy atom. The summed E-state index contributed by atoms with van der Waals surface area (Å²) in [4.78, 5) is 10.2. The van der Waals surface area contributed by atoms with Crippen LogP contribution in [-0.2, 0) is 21.6 Å². The molecule has 2 aromatic carbocycles. The topological polar surface area (TPSA) is 121 Å². The number of phenols is 1. The average Bonchev–Trinajstić information content (AvgIpc) is 2.47. The zero-order chi connectivity index (χ0) is 18.2. The molecule has 8 heteroatoms. The molecule has 0 aliphatic heterocycles. The van der Waals surface area contributed by atoms with Crippen LogP contribution in [0, 0.1) is 6.92 Å². The van der Waals surface area contributed by atoms with Crippen molar-refractivity contribution in [3.63, 3.8) is 0 Å². The van der Waals surface area contributed by atoms with Crippen LogP contribution < -0.4 is 4.18 Å². The number of aliphatic carboxylic acids is 1. The van der Waals surface area contributed by atoms with E-state index in [0.717, 1.165) is 11.1 Å². The number of aryl methyl sites for hydroxylation is 2. The molecule has 0 radical (unpaired) electrons. The van der Waals surface area contributed by atoms with Crippen molar-refractivity contribution in [1.29, 1.82) is 0 Å². The summed E-state index contributed by atoms with van der Waals surface area (Å²) in [6.45, 7) is 1.86. The van der Waals surface area contributed by atoms with Crippen molar-refractivity contribution in [2.24, 2.45) is 0 Å². The molecule has 7 nitrogen and oxygen atoms in total. The quantitative estimate of drug-likeness (QED) is 0.706. The van der Waals surface area contributed by atoms with Gasteiger partial charge in [-0.15, -0.1) is 0 Å². The first-order valence-electron chi connectivity index (χ1n) is 6.89. The molecule has 0 aromatic heterocycles. The molecule has 0 spiro atoms. The monoisotopic (exact) mass is 354 g/mol. The predicted molar refractivity (Wildman–Crippen MR) is 87.4 cm³/mol. The summed E-state index contributed by atoms with van der Waals surface area (Å²) in [5, 5.41) is 17.4. The summed E-state index contributed by atoms with van der Waals surface area (Å²) in [7, 11) is -4.39. The molecule has 0 aliphatic carbocycles. The highest BCUT2D eigenvalue weighted by Crippen LogP contribution is 2.13. The summed E-state index contributed by atoms with van der Waals surface area (Å²) in [6.07, 6.45) is 0.563. The Morgan fingerprint density at radius 3 is 2.25 bits per heavy atom. The van der Waals surface area contributed by atoms with Crippen LogP contribution in [0.25, 0.3) is 0 Å². The van der Waals surface area contributed by atoms with Crippen molar-refractivity contribution < 1.29 is 32.2 Å². The van der Waals surface area contributed by atoms with Gasteiger partial charge in [0.1, 0.15) is 11.5 Å². The van der Waals surface area contributed by atoms with E-state index >= 15 is 0 Å². The maximum Gasteiger partial charge on any atom is 0.446 e. The first kappa shape index (κ1) is 19.5. The minimum Gasteiger partial charge on any atom is -0.508 e. The van der Waals surface area contributed by atoms with E-state index in [1.807, 2.05) is 6.92 Å². The molecule has 0 unspecified atom stereocenters. The molecule has 0 bridgehead atoms. The molecular weight excluding hydrogens is 336 g/mol. The minimum absolute atomic E-state index is 0.100. The van der Waals surface area contributed by atoms with Gasteiger partial charge >= 0.3 is 16.4 Å². The highest BCUT2D eigenvalue weighted by Gasteiger charge is 2.05. The van der Waals surface area contributed by atoms with Gasteiger partial charge in [0.2, 0.25) is 0 Å². The van der Waals surface area contributed by atoms with Crippen LogP contribution in [0.1, 0.15) is 17.5 Å². The van der Waals surface area contributed by atoms with Crippen molar-refractivity contribution in [1.82, 2.24) is 0 Å². The van der Waals surface area contributed by atoms with Gasteiger partial charge in [-0.25, -0.2) is 0 Å². The second kappa shape index (κ2) is 8.90. The molecule has 0 fully saturated rings. The molecule has 0 atom stereocenters. The standard InChI is InChI=1S/C9H10O3.C7H8O4S/c10-8-3-1-2-7(6-8)4-5-9(11)12;1-6-2-4-7(5-3-6)11-12(8,9)10/h1-3,6,10H,4-5H2,(H,11,12);2-5H,1H3,(H,8,9,10). The van der Waals surface area contributed by atoms with Crippen molar-refractivity contribution >= 4 is 16.4 Å². The fourth-order valence-electron chi connectivity index (χ4n) is 1.68. The highest BCUT2D eigenvalue weighted by molar-refractivity contribution is 7.81. The second-order valence-corrected chi connectivity index (χ2v) is 5.91. The number of carbonyl (C=O) groups is 1. The predicted octanol–water partition coefficient (Wildman–Crippen LogP) is 2.59. The van der Waals surface area contributed by atoms with Gasteiger partial charge in [-0.05, 0) is 43.2 Å². The average molecular weight is 354 g/mol. The second-order valence-electron chi connectivity index (χ2n) is 4.89. The molecule has 24 heavy (non-hydrogen) atoms. The van der Waals surface area contributed by atoms with Crippen LogP contribution >= 0.6 is 0 Å². The Morgan fingerprint density at radius 1 is 1.12 bits per heavy atom. The van der Waals surface area contributed by atoms with Crippen LogP contribution in [-0.4, -0.2) is 29.2 Å². The fourth-order valence-corrected chi connectivity index (χ4v) is 2.03. The third-order valence-corrected chi connectivity index (χ3v) is 3.16. The van der Waals surface area contributed by atoms with Crippen LogP contribution in [0.3, 0.4) is 0 Å². The van der Waals surface area contributed by atoms with Crippen LogP contribution in [0.4, 0.5) is 0 Å². The molecule has 0 saturated carbocycles. The lowest BCUT2D eigenvalue weighted by Crippen LogP contribution is -2.06. The zero-order valence-electron chi connectivity index (χ0n) is 12.9. The molecular formula is C16H18O7S. The molecule has 0 aliphatic rings. The van der Waals surface area contributed by atoms with Gasteiger partial charge < -0.3 is 14.4 Å². The third kappa shape index (κ3) is 8.76. The minimum atomic E-state index is -4.39. The maximum atomic E-state index is 10.2. The number of aromatic hydroxyl groups is 1. The number of rotatable bonds is 5. The lowest BCUT2D eigenvalue weighted by molar-refractivity contribution is -0.136. The van der Waals surface area contributed by atoms with Crippen LogP contribution in [0.5, 0.6) is 11.5 Å². The molecule has 0 saturated heterocycles. The summed E-state index contributed by atoms with van der Waals surface area (Å²) in [5.41, 5.74) is 1.83. The SMILES string of the molecule is Cc1ccc(OS(=O)(=O)O)cc1.O=C(O)CCc1cccc(O)c1. The molecule has 0 amide bonds. The van der Waals surface area contributed by atoms with Crippen molar-refractivity contribution in [2.45, 2.75) is 19.8 Å². The summed E-state index contributed by atoms with van der Waals surface area (Å²) in [6, 6.07) is 12.9. The molecule has 0 heterocycles.